The predicted molar refractivity (Wildman–Crippen MR) is 125 cm³/mol. The first-order valence-electron chi connectivity index (χ1n) is 9.67. The van der Waals surface area contributed by atoms with Gasteiger partial charge in [-0.05, 0) is 47.9 Å². The van der Waals surface area contributed by atoms with Crippen molar-refractivity contribution in [3.05, 3.63) is 57.3 Å². The maximum atomic E-state index is 12.7. The zero-order chi connectivity index (χ0) is 18.6. The van der Waals surface area contributed by atoms with Crippen LogP contribution in [-0.2, 0) is 30.7 Å². The third kappa shape index (κ3) is 4.68. The van der Waals surface area contributed by atoms with Gasteiger partial charge in [-0.2, -0.15) is 0 Å². The highest BCUT2D eigenvalue weighted by atomic mass is 127. The molecule has 0 bridgehead atoms. The van der Waals surface area contributed by atoms with Crippen molar-refractivity contribution < 1.29 is 4.79 Å². The van der Waals surface area contributed by atoms with Crippen LogP contribution in [0.25, 0.3) is 0 Å². The number of thiophene rings is 1. The van der Waals surface area contributed by atoms with Crippen LogP contribution in [0.4, 0.5) is 0 Å². The monoisotopic (exact) mass is 510 g/mol. The SMILES string of the molecule is CCNC(=NCC(=O)N1CCc2sccc2C1)N1CCc2ccccc2C1.I. The van der Waals surface area contributed by atoms with E-state index < -0.39 is 0 Å². The minimum Gasteiger partial charge on any atom is -0.356 e. The first-order chi connectivity index (χ1) is 13.2. The molecule has 28 heavy (non-hydrogen) atoms. The molecule has 2 aliphatic heterocycles. The summed E-state index contributed by atoms with van der Waals surface area (Å²) in [4.78, 5) is 23.0. The fourth-order valence-corrected chi connectivity index (χ4v) is 4.70. The van der Waals surface area contributed by atoms with Crippen LogP contribution in [0, 0.1) is 0 Å². The Morgan fingerprint density at radius 1 is 1.07 bits per heavy atom. The van der Waals surface area contributed by atoms with Crippen LogP contribution in [0.2, 0.25) is 0 Å². The Kier molecular flexibility index (Phi) is 7.34. The maximum Gasteiger partial charge on any atom is 0.244 e. The number of hydrogen-bond acceptors (Lipinski definition) is 3. The molecule has 0 radical (unpaired) electrons. The molecule has 0 unspecified atom stereocenters. The number of amides is 1. The largest absolute Gasteiger partial charge is 0.356 e. The van der Waals surface area contributed by atoms with Gasteiger partial charge in [0.25, 0.3) is 0 Å². The first kappa shape index (κ1) is 21.1. The topological polar surface area (TPSA) is 47.9 Å². The Morgan fingerprint density at radius 2 is 1.82 bits per heavy atom. The van der Waals surface area contributed by atoms with Crippen molar-refractivity contribution in [2.75, 3.05) is 26.2 Å². The molecule has 0 saturated carbocycles. The van der Waals surface area contributed by atoms with Crippen molar-refractivity contribution in [1.29, 1.82) is 0 Å². The third-order valence-corrected chi connectivity index (χ3v) is 6.31. The molecule has 7 heteroatoms. The van der Waals surface area contributed by atoms with E-state index in [9.17, 15) is 4.79 Å². The lowest BCUT2D eigenvalue weighted by atomic mass is 10.0. The molecule has 4 rings (SSSR count). The lowest BCUT2D eigenvalue weighted by Crippen LogP contribution is -2.45. The van der Waals surface area contributed by atoms with Crippen LogP contribution in [0.3, 0.4) is 0 Å². The van der Waals surface area contributed by atoms with E-state index in [4.69, 9.17) is 0 Å². The quantitative estimate of drug-likeness (QED) is 0.392. The Hall–Kier alpha value is -1.61. The number of nitrogens with one attached hydrogen (secondary N) is 1. The highest BCUT2D eigenvalue weighted by Crippen LogP contribution is 2.24. The fourth-order valence-electron chi connectivity index (χ4n) is 3.81. The third-order valence-electron chi connectivity index (χ3n) is 5.29. The number of guanidine groups is 1. The van der Waals surface area contributed by atoms with Gasteiger partial charge in [-0.25, -0.2) is 4.99 Å². The molecule has 1 aromatic heterocycles. The molecule has 1 N–H and O–H groups in total. The summed E-state index contributed by atoms with van der Waals surface area (Å²) in [5.41, 5.74) is 4.06. The number of rotatable bonds is 3. The lowest BCUT2D eigenvalue weighted by molar-refractivity contribution is -0.130. The Labute approximate surface area is 187 Å². The first-order valence-corrected chi connectivity index (χ1v) is 10.6. The smallest absolute Gasteiger partial charge is 0.244 e. The molecule has 0 atom stereocenters. The molecule has 2 aliphatic rings. The summed E-state index contributed by atoms with van der Waals surface area (Å²) in [6.45, 7) is 6.37. The average molecular weight is 510 g/mol. The number of halogens is 1. The molecule has 1 aromatic carbocycles. The second-order valence-corrected chi connectivity index (χ2v) is 8.05. The minimum atomic E-state index is 0. The van der Waals surface area contributed by atoms with Gasteiger partial charge in [0, 0.05) is 37.6 Å². The number of benzene rings is 1. The van der Waals surface area contributed by atoms with Crippen LogP contribution in [0.5, 0.6) is 0 Å². The summed E-state index contributed by atoms with van der Waals surface area (Å²) in [6.07, 6.45) is 1.98. The summed E-state index contributed by atoms with van der Waals surface area (Å²) >= 11 is 1.79. The van der Waals surface area contributed by atoms with E-state index >= 15 is 0 Å². The van der Waals surface area contributed by atoms with Crippen molar-refractivity contribution in [3.8, 4) is 0 Å². The van der Waals surface area contributed by atoms with Crippen LogP contribution in [0.15, 0.2) is 40.7 Å². The molecule has 5 nitrogen and oxygen atoms in total. The number of carbonyl (C=O) groups excluding carboxylic acids is 1. The number of fused-ring (bicyclic) bond motifs is 2. The standard InChI is InChI=1S/C21H26N4OS.HI/c1-2-22-21(25-10-7-16-5-3-4-6-17(16)14-25)23-13-20(26)24-11-8-19-18(15-24)9-12-27-19;/h3-6,9,12H,2,7-8,10-11,13-15H2,1H3,(H,22,23);1H. The number of nitrogens with zero attached hydrogens (tertiary/aromatic N) is 3. The van der Waals surface area contributed by atoms with Crippen molar-refractivity contribution in [1.82, 2.24) is 15.1 Å². The summed E-state index contributed by atoms with van der Waals surface area (Å²) in [6, 6.07) is 10.7. The van der Waals surface area contributed by atoms with E-state index in [-0.39, 0.29) is 36.4 Å². The van der Waals surface area contributed by atoms with Gasteiger partial charge in [0.1, 0.15) is 6.54 Å². The van der Waals surface area contributed by atoms with Gasteiger partial charge < -0.3 is 15.1 Å². The van der Waals surface area contributed by atoms with Gasteiger partial charge in [0.05, 0.1) is 0 Å². The molecule has 1 amide bonds. The van der Waals surface area contributed by atoms with Gasteiger partial charge in [0.15, 0.2) is 5.96 Å². The van der Waals surface area contributed by atoms with E-state index in [1.165, 1.54) is 21.6 Å². The Morgan fingerprint density at radius 3 is 2.64 bits per heavy atom. The normalized spacial score (nSPS) is 16.1. The summed E-state index contributed by atoms with van der Waals surface area (Å²) in [7, 11) is 0. The van der Waals surface area contributed by atoms with E-state index in [0.717, 1.165) is 51.5 Å². The van der Waals surface area contributed by atoms with Gasteiger partial charge in [0.2, 0.25) is 5.91 Å². The number of carbonyl (C=O) groups is 1. The van der Waals surface area contributed by atoms with Crippen molar-refractivity contribution >= 4 is 47.2 Å². The zero-order valence-electron chi connectivity index (χ0n) is 16.2. The zero-order valence-corrected chi connectivity index (χ0v) is 19.3. The molecule has 2 aromatic rings. The fraction of sp³-hybridized carbons (Fsp3) is 0.429. The molecular formula is C21H27IN4OS. The Bertz CT molecular complexity index is 850. The molecular weight excluding hydrogens is 483 g/mol. The van der Waals surface area contributed by atoms with Crippen LogP contribution < -0.4 is 5.32 Å². The van der Waals surface area contributed by atoms with Crippen LogP contribution in [-0.4, -0.2) is 47.8 Å². The van der Waals surface area contributed by atoms with E-state index in [1.807, 2.05) is 4.90 Å². The molecule has 3 heterocycles. The van der Waals surface area contributed by atoms with Crippen LogP contribution >= 0.6 is 35.3 Å². The van der Waals surface area contributed by atoms with E-state index in [2.05, 4.69) is 57.8 Å². The highest BCUT2D eigenvalue weighted by Gasteiger charge is 2.22. The minimum absolute atomic E-state index is 0. The summed E-state index contributed by atoms with van der Waals surface area (Å²) in [5.74, 6) is 0.952. The van der Waals surface area contributed by atoms with Gasteiger partial charge in [-0.1, -0.05) is 24.3 Å². The highest BCUT2D eigenvalue weighted by molar-refractivity contribution is 14.0. The maximum absolute atomic E-state index is 12.7. The van der Waals surface area contributed by atoms with E-state index in [1.54, 1.807) is 11.3 Å². The van der Waals surface area contributed by atoms with Gasteiger partial charge >= 0.3 is 0 Å². The van der Waals surface area contributed by atoms with E-state index in [0.29, 0.717) is 0 Å². The number of aliphatic imine (C=N–C) groups is 1. The summed E-state index contributed by atoms with van der Waals surface area (Å²) in [5, 5.41) is 5.48. The Balaban J connectivity index is 0.00000225. The molecule has 0 spiro atoms. The lowest BCUT2D eigenvalue weighted by Gasteiger charge is -2.32. The molecule has 0 fully saturated rings. The molecule has 150 valence electrons. The van der Waals surface area contributed by atoms with Crippen molar-refractivity contribution in [2.24, 2.45) is 4.99 Å². The summed E-state index contributed by atoms with van der Waals surface area (Å²) < 4.78 is 0. The number of hydrogen-bond donors (Lipinski definition) is 1. The van der Waals surface area contributed by atoms with Crippen molar-refractivity contribution in [3.63, 3.8) is 0 Å². The molecule has 0 aliphatic carbocycles. The predicted octanol–water partition coefficient (Wildman–Crippen LogP) is 3.27. The molecule has 0 saturated heterocycles. The van der Waals surface area contributed by atoms with Gasteiger partial charge in [-0.15, -0.1) is 35.3 Å². The second kappa shape index (κ2) is 9.73. The van der Waals surface area contributed by atoms with Crippen LogP contribution in [0.1, 0.15) is 28.5 Å². The second-order valence-electron chi connectivity index (χ2n) is 7.04. The van der Waals surface area contributed by atoms with Crippen molar-refractivity contribution in [2.45, 2.75) is 32.9 Å². The average Bonchev–Trinajstić information content (AvgIpc) is 3.18. The van der Waals surface area contributed by atoms with Gasteiger partial charge in [-0.3, -0.25) is 4.79 Å².